The van der Waals surface area contributed by atoms with Crippen molar-refractivity contribution in [2.45, 2.75) is 18.5 Å². The van der Waals surface area contributed by atoms with E-state index in [1.807, 2.05) is 30.3 Å². The Morgan fingerprint density at radius 3 is 2.62 bits per heavy atom. The van der Waals surface area contributed by atoms with Gasteiger partial charge >= 0.3 is 0 Å². The third-order valence-corrected chi connectivity index (χ3v) is 5.56. The van der Waals surface area contributed by atoms with Crippen LogP contribution < -0.4 is 10.6 Å². The van der Waals surface area contributed by atoms with Gasteiger partial charge in [0.15, 0.2) is 0 Å². The number of carbonyl (C=O) groups excluding carboxylic acids is 2. The molecule has 0 aliphatic heterocycles. The van der Waals surface area contributed by atoms with Gasteiger partial charge in [-0.2, -0.15) is 10.1 Å². The third-order valence-electron chi connectivity index (χ3n) is 4.58. The molecule has 0 saturated heterocycles. The molecular formula is C22H18ClFN6O3S. The van der Waals surface area contributed by atoms with Crippen molar-refractivity contribution < 1.29 is 18.5 Å². The zero-order valence-electron chi connectivity index (χ0n) is 18.0. The summed E-state index contributed by atoms with van der Waals surface area (Å²) < 4.78 is 20.1. The molecule has 0 spiro atoms. The lowest BCUT2D eigenvalue weighted by Crippen LogP contribution is -2.22. The van der Waals surface area contributed by atoms with Gasteiger partial charge in [-0.15, -0.1) is 11.8 Å². The Bertz CT molecular complexity index is 1360. The number of hydrogen-bond donors (Lipinski definition) is 2. The minimum absolute atomic E-state index is 0.0562. The molecule has 2 N–H and O–H groups in total. The second-order valence-corrected chi connectivity index (χ2v) is 8.24. The zero-order valence-corrected chi connectivity index (χ0v) is 19.6. The molecule has 2 heterocycles. The first-order valence-corrected chi connectivity index (χ1v) is 11.5. The van der Waals surface area contributed by atoms with E-state index < -0.39 is 11.7 Å². The third kappa shape index (κ3) is 5.10. The monoisotopic (exact) mass is 500 g/mol. The Kier molecular flexibility index (Phi) is 6.94. The summed E-state index contributed by atoms with van der Waals surface area (Å²) in [5, 5.41) is 14.3. The zero-order chi connectivity index (χ0) is 24.2. The van der Waals surface area contributed by atoms with Crippen LogP contribution in [0.4, 0.5) is 15.9 Å². The van der Waals surface area contributed by atoms with Crippen LogP contribution >= 0.6 is 23.4 Å². The summed E-state index contributed by atoms with van der Waals surface area (Å²) in [6, 6.07) is 12.9. The first-order valence-electron chi connectivity index (χ1n) is 9.92. The lowest BCUT2D eigenvalue weighted by Gasteiger charge is -2.10. The van der Waals surface area contributed by atoms with Gasteiger partial charge in [-0.3, -0.25) is 9.59 Å². The van der Waals surface area contributed by atoms with Crippen molar-refractivity contribution in [1.29, 1.82) is 0 Å². The minimum atomic E-state index is -0.522. The highest BCUT2D eigenvalue weighted by atomic mass is 35.5. The Morgan fingerprint density at radius 1 is 1.18 bits per heavy atom. The van der Waals surface area contributed by atoms with E-state index in [0.29, 0.717) is 16.4 Å². The minimum Gasteiger partial charge on any atom is -0.333 e. The number of hydrogen-bond acceptors (Lipinski definition) is 7. The predicted molar refractivity (Wildman–Crippen MR) is 127 cm³/mol. The van der Waals surface area contributed by atoms with E-state index in [2.05, 4.69) is 25.9 Å². The largest absolute Gasteiger partial charge is 0.333 e. The van der Waals surface area contributed by atoms with Crippen LogP contribution in [0.3, 0.4) is 0 Å². The molecule has 2 amide bonds. The van der Waals surface area contributed by atoms with Gasteiger partial charge in [-0.05, 0) is 24.5 Å². The molecule has 2 aromatic carbocycles. The van der Waals surface area contributed by atoms with E-state index in [-0.39, 0.29) is 34.9 Å². The summed E-state index contributed by atoms with van der Waals surface area (Å²) in [5.74, 6) is -0.655. The quantitative estimate of drug-likeness (QED) is 0.353. The Balaban J connectivity index is 1.68. The predicted octanol–water partition coefficient (Wildman–Crippen LogP) is 4.71. The van der Waals surface area contributed by atoms with Crippen molar-refractivity contribution in [2.75, 3.05) is 16.9 Å². The molecule has 174 valence electrons. The summed E-state index contributed by atoms with van der Waals surface area (Å²) in [5.41, 5.74) is 1.40. The van der Waals surface area contributed by atoms with Crippen molar-refractivity contribution >= 4 is 46.7 Å². The highest BCUT2D eigenvalue weighted by Gasteiger charge is 2.26. The highest BCUT2D eigenvalue weighted by Crippen LogP contribution is 2.36. The first kappa shape index (κ1) is 23.5. The summed E-state index contributed by atoms with van der Waals surface area (Å²) in [6.45, 7) is 1.07. The number of rotatable bonds is 7. The van der Waals surface area contributed by atoms with Crippen molar-refractivity contribution in [2.24, 2.45) is 0 Å². The molecular weight excluding hydrogens is 483 g/mol. The Labute approximate surface area is 202 Å². The molecule has 9 nitrogen and oxygen atoms in total. The molecule has 0 fully saturated rings. The number of carbonyl (C=O) groups is 2. The van der Waals surface area contributed by atoms with Gasteiger partial charge in [-0.1, -0.05) is 47.1 Å². The van der Waals surface area contributed by atoms with E-state index in [9.17, 15) is 14.0 Å². The number of amides is 2. The number of aromatic nitrogens is 4. The van der Waals surface area contributed by atoms with Crippen LogP contribution in [0.15, 0.2) is 58.1 Å². The van der Waals surface area contributed by atoms with Crippen LogP contribution in [0, 0.1) is 5.82 Å². The van der Waals surface area contributed by atoms with Crippen molar-refractivity contribution in [1.82, 2.24) is 19.9 Å². The Morgan fingerprint density at radius 2 is 1.94 bits per heavy atom. The molecule has 0 unspecified atom stereocenters. The van der Waals surface area contributed by atoms with Gasteiger partial charge in [0.05, 0.1) is 10.7 Å². The first-order chi connectivity index (χ1) is 16.4. The fourth-order valence-corrected chi connectivity index (χ4v) is 3.91. The number of benzene rings is 2. The van der Waals surface area contributed by atoms with E-state index in [1.54, 1.807) is 6.26 Å². The average molecular weight is 501 g/mol. The van der Waals surface area contributed by atoms with Crippen molar-refractivity contribution in [3.63, 3.8) is 0 Å². The standard InChI is InChI=1S/C22H18ClFN6O3S/c1-12(31)25-20-18(21-27-19(29-33-21)13-6-4-3-5-7-13)22(34-2)28-30(20)11-17(32)26-16-9-8-14(24)10-15(16)23/h3-10H,11H2,1-2H3,(H,25,31)(H,26,32). The van der Waals surface area contributed by atoms with E-state index in [1.165, 1.54) is 35.5 Å². The molecule has 4 aromatic rings. The maximum absolute atomic E-state index is 13.3. The van der Waals surface area contributed by atoms with Crippen LogP contribution in [0.1, 0.15) is 6.92 Å². The van der Waals surface area contributed by atoms with Gasteiger partial charge in [0.25, 0.3) is 5.89 Å². The van der Waals surface area contributed by atoms with E-state index in [4.69, 9.17) is 16.1 Å². The number of nitrogens with one attached hydrogen (secondary N) is 2. The summed E-state index contributed by atoms with van der Waals surface area (Å²) in [4.78, 5) is 29.1. The molecule has 34 heavy (non-hydrogen) atoms. The molecule has 12 heteroatoms. The molecule has 0 aliphatic carbocycles. The number of anilines is 2. The molecule has 0 bridgehead atoms. The Hall–Kier alpha value is -3.70. The fourth-order valence-electron chi connectivity index (χ4n) is 3.13. The topological polar surface area (TPSA) is 115 Å². The van der Waals surface area contributed by atoms with Crippen molar-refractivity contribution in [3.8, 4) is 22.8 Å². The summed E-state index contributed by atoms with van der Waals surface area (Å²) in [7, 11) is 0. The summed E-state index contributed by atoms with van der Waals surface area (Å²) in [6.07, 6.45) is 1.79. The SMILES string of the molecule is CSc1nn(CC(=O)Nc2ccc(F)cc2Cl)c(NC(C)=O)c1-c1nc(-c2ccccc2)no1. The van der Waals surface area contributed by atoms with Gasteiger partial charge in [-0.25, -0.2) is 9.07 Å². The maximum atomic E-state index is 13.3. The average Bonchev–Trinajstić information content (AvgIpc) is 3.41. The molecule has 0 saturated carbocycles. The van der Waals surface area contributed by atoms with Crippen molar-refractivity contribution in [3.05, 3.63) is 59.4 Å². The van der Waals surface area contributed by atoms with Gasteiger partial charge < -0.3 is 15.2 Å². The molecule has 0 aliphatic rings. The van der Waals surface area contributed by atoms with Crippen LogP contribution in [0.2, 0.25) is 5.02 Å². The van der Waals surface area contributed by atoms with Crippen LogP contribution in [-0.4, -0.2) is 38.0 Å². The van der Waals surface area contributed by atoms with Gasteiger partial charge in [0, 0.05) is 12.5 Å². The second-order valence-electron chi connectivity index (χ2n) is 7.03. The smallest absolute Gasteiger partial charge is 0.264 e. The highest BCUT2D eigenvalue weighted by molar-refractivity contribution is 7.98. The second kappa shape index (κ2) is 10.1. The number of halogens is 2. The fraction of sp³-hybridized carbons (Fsp3) is 0.136. The normalized spacial score (nSPS) is 10.8. The van der Waals surface area contributed by atoms with Gasteiger partial charge in [0.1, 0.15) is 28.8 Å². The maximum Gasteiger partial charge on any atom is 0.264 e. The molecule has 2 aromatic heterocycles. The lowest BCUT2D eigenvalue weighted by atomic mass is 10.2. The lowest BCUT2D eigenvalue weighted by molar-refractivity contribution is -0.117. The summed E-state index contributed by atoms with van der Waals surface area (Å²) >= 11 is 7.28. The number of thioether (sulfide) groups is 1. The van der Waals surface area contributed by atoms with Crippen LogP contribution in [0.25, 0.3) is 22.8 Å². The van der Waals surface area contributed by atoms with Gasteiger partial charge in [0.2, 0.25) is 17.6 Å². The van der Waals surface area contributed by atoms with E-state index >= 15 is 0 Å². The van der Waals surface area contributed by atoms with E-state index in [0.717, 1.165) is 11.6 Å². The molecule has 4 rings (SSSR count). The molecule has 0 radical (unpaired) electrons. The number of nitrogens with zero attached hydrogens (tertiary/aromatic N) is 4. The van der Waals surface area contributed by atoms with Crippen LogP contribution in [-0.2, 0) is 16.1 Å². The van der Waals surface area contributed by atoms with Crippen LogP contribution in [0.5, 0.6) is 0 Å². The molecule has 0 atom stereocenters.